The van der Waals surface area contributed by atoms with Crippen molar-refractivity contribution in [1.82, 2.24) is 0 Å². The Hall–Kier alpha value is -2.96. The standard InChI is InChI=1S/C29H29O2S/c1-23(2)19-22-29(20-9-10-21-29)31-28(30)24-15-17-27(18-16-24)32(25-11-5-3-6-12-25)26-13-7-4-8-14-26/h3-8,11-18,23H,9-10,20-21H2,1-2H3/q+1. The van der Waals surface area contributed by atoms with Gasteiger partial charge in [-0.2, -0.15) is 0 Å². The van der Waals surface area contributed by atoms with E-state index in [1.165, 1.54) is 14.7 Å². The van der Waals surface area contributed by atoms with Crippen molar-refractivity contribution in [2.24, 2.45) is 5.92 Å². The van der Waals surface area contributed by atoms with Gasteiger partial charge in [-0.25, -0.2) is 4.79 Å². The van der Waals surface area contributed by atoms with Gasteiger partial charge in [0.05, 0.1) is 16.5 Å². The summed E-state index contributed by atoms with van der Waals surface area (Å²) in [6.07, 6.45) is 3.75. The first kappa shape index (κ1) is 22.2. The third kappa shape index (κ3) is 5.26. The Morgan fingerprint density at radius 1 is 0.812 bits per heavy atom. The van der Waals surface area contributed by atoms with E-state index in [0.717, 1.165) is 25.7 Å². The number of benzene rings is 3. The van der Waals surface area contributed by atoms with E-state index >= 15 is 0 Å². The van der Waals surface area contributed by atoms with Crippen LogP contribution in [0.1, 0.15) is 49.9 Å². The fourth-order valence-electron chi connectivity index (χ4n) is 3.96. The van der Waals surface area contributed by atoms with Gasteiger partial charge in [0, 0.05) is 5.92 Å². The van der Waals surface area contributed by atoms with E-state index in [0.29, 0.717) is 5.56 Å². The van der Waals surface area contributed by atoms with Crippen LogP contribution >= 0.6 is 0 Å². The molecule has 0 atom stereocenters. The van der Waals surface area contributed by atoms with E-state index in [2.05, 4.69) is 86.4 Å². The monoisotopic (exact) mass is 441 g/mol. The van der Waals surface area contributed by atoms with Crippen molar-refractivity contribution in [2.75, 3.05) is 0 Å². The number of rotatable bonds is 5. The highest BCUT2D eigenvalue weighted by Gasteiger charge is 2.36. The first-order valence-electron chi connectivity index (χ1n) is 11.3. The summed E-state index contributed by atoms with van der Waals surface area (Å²) in [4.78, 5) is 16.7. The molecule has 3 heteroatoms. The second-order valence-electron chi connectivity index (χ2n) is 8.47. The highest BCUT2D eigenvalue weighted by Crippen LogP contribution is 2.34. The second kappa shape index (κ2) is 10.1. The summed E-state index contributed by atoms with van der Waals surface area (Å²) in [5, 5.41) is 0. The highest BCUT2D eigenvalue weighted by molar-refractivity contribution is 7.97. The molecule has 3 aromatic carbocycles. The molecule has 1 fully saturated rings. The third-order valence-corrected chi connectivity index (χ3v) is 7.80. The fourth-order valence-corrected chi connectivity index (χ4v) is 6.04. The predicted molar refractivity (Wildman–Crippen MR) is 131 cm³/mol. The summed E-state index contributed by atoms with van der Waals surface area (Å²) in [6, 6.07) is 28.9. The van der Waals surface area contributed by atoms with Gasteiger partial charge < -0.3 is 4.74 Å². The molecule has 32 heavy (non-hydrogen) atoms. The zero-order chi connectivity index (χ0) is 22.4. The number of hydrogen-bond acceptors (Lipinski definition) is 2. The van der Waals surface area contributed by atoms with Crippen molar-refractivity contribution in [1.29, 1.82) is 0 Å². The maximum atomic E-state index is 13.0. The summed E-state index contributed by atoms with van der Waals surface area (Å²) >= 11 is 0. The van der Waals surface area contributed by atoms with Crippen molar-refractivity contribution in [3.05, 3.63) is 90.5 Å². The van der Waals surface area contributed by atoms with E-state index in [1.54, 1.807) is 0 Å². The van der Waals surface area contributed by atoms with E-state index in [-0.39, 0.29) is 22.8 Å². The maximum Gasteiger partial charge on any atom is 0.339 e. The van der Waals surface area contributed by atoms with Crippen molar-refractivity contribution in [2.45, 2.75) is 59.8 Å². The van der Waals surface area contributed by atoms with Gasteiger partial charge in [0.25, 0.3) is 0 Å². The first-order chi connectivity index (χ1) is 15.6. The van der Waals surface area contributed by atoms with E-state index in [4.69, 9.17) is 4.74 Å². The van der Waals surface area contributed by atoms with Crippen LogP contribution < -0.4 is 0 Å². The van der Waals surface area contributed by atoms with Crippen molar-refractivity contribution in [3.63, 3.8) is 0 Å². The topological polar surface area (TPSA) is 26.3 Å². The van der Waals surface area contributed by atoms with Gasteiger partial charge in [0.2, 0.25) is 0 Å². The average molecular weight is 442 g/mol. The lowest BCUT2D eigenvalue weighted by molar-refractivity contribution is 0.0103. The summed E-state index contributed by atoms with van der Waals surface area (Å²) in [5.41, 5.74) is -0.0469. The van der Waals surface area contributed by atoms with Crippen LogP contribution in [-0.2, 0) is 15.6 Å². The number of carbonyl (C=O) groups excluding carboxylic acids is 1. The Labute approximate surface area is 194 Å². The minimum atomic E-state index is -0.627. The summed E-state index contributed by atoms with van der Waals surface area (Å²) in [6.45, 7) is 4.12. The predicted octanol–water partition coefficient (Wildman–Crippen LogP) is 6.91. The van der Waals surface area contributed by atoms with Crippen LogP contribution in [0.2, 0.25) is 0 Å². The molecular weight excluding hydrogens is 412 g/mol. The lowest BCUT2D eigenvalue weighted by Gasteiger charge is -2.23. The van der Waals surface area contributed by atoms with Gasteiger partial charge in [-0.05, 0) is 74.2 Å². The average Bonchev–Trinajstić information content (AvgIpc) is 3.28. The Balaban J connectivity index is 1.59. The normalized spacial score (nSPS) is 14.8. The highest BCUT2D eigenvalue weighted by atomic mass is 32.2. The quantitative estimate of drug-likeness (QED) is 0.244. The van der Waals surface area contributed by atoms with E-state index < -0.39 is 5.60 Å². The van der Waals surface area contributed by atoms with Crippen LogP contribution in [0.3, 0.4) is 0 Å². The number of ether oxygens (including phenoxy) is 1. The zero-order valence-electron chi connectivity index (χ0n) is 18.7. The number of carbonyl (C=O) groups is 1. The molecule has 162 valence electrons. The van der Waals surface area contributed by atoms with Crippen LogP contribution in [-0.4, -0.2) is 11.6 Å². The molecule has 0 radical (unpaired) electrons. The smallest absolute Gasteiger partial charge is 0.339 e. The van der Waals surface area contributed by atoms with E-state index in [9.17, 15) is 4.79 Å². The molecule has 0 aromatic heterocycles. The molecule has 1 aliphatic rings. The molecule has 4 rings (SSSR count). The first-order valence-corrected chi connectivity index (χ1v) is 12.5. The van der Waals surface area contributed by atoms with Crippen LogP contribution in [0.4, 0.5) is 0 Å². The molecule has 1 aliphatic carbocycles. The maximum absolute atomic E-state index is 13.0. The largest absolute Gasteiger partial charge is 0.442 e. The Morgan fingerprint density at radius 2 is 1.31 bits per heavy atom. The van der Waals surface area contributed by atoms with Gasteiger partial charge in [0.1, 0.15) is 0 Å². The van der Waals surface area contributed by atoms with Gasteiger partial charge in [0.15, 0.2) is 20.3 Å². The molecule has 0 N–H and O–H groups in total. The summed E-state index contributed by atoms with van der Waals surface area (Å²) in [7, 11) is -0.231. The Bertz CT molecular complexity index is 1050. The van der Waals surface area contributed by atoms with Crippen LogP contribution in [0, 0.1) is 17.8 Å². The third-order valence-electron chi connectivity index (χ3n) is 5.57. The molecule has 0 bridgehead atoms. The minimum absolute atomic E-state index is 0.231. The molecule has 0 heterocycles. The Kier molecular flexibility index (Phi) is 7.02. The molecule has 1 saturated carbocycles. The molecule has 0 aliphatic heterocycles. The van der Waals surface area contributed by atoms with Crippen molar-refractivity contribution < 1.29 is 9.53 Å². The number of hydrogen-bond donors (Lipinski definition) is 0. The second-order valence-corrected chi connectivity index (χ2v) is 10.5. The lowest BCUT2D eigenvalue weighted by Crippen LogP contribution is -2.30. The molecular formula is C29H29O2S+. The van der Waals surface area contributed by atoms with Crippen LogP contribution in [0.5, 0.6) is 0 Å². The molecule has 3 aromatic rings. The number of esters is 1. The van der Waals surface area contributed by atoms with Gasteiger partial charge in [-0.1, -0.05) is 62.1 Å². The van der Waals surface area contributed by atoms with Gasteiger partial charge in [-0.15, -0.1) is 0 Å². The molecule has 2 nitrogen and oxygen atoms in total. The van der Waals surface area contributed by atoms with Crippen molar-refractivity contribution >= 4 is 16.9 Å². The van der Waals surface area contributed by atoms with E-state index in [1.807, 2.05) is 24.3 Å². The molecule has 0 spiro atoms. The molecule has 0 amide bonds. The van der Waals surface area contributed by atoms with Crippen LogP contribution in [0.25, 0.3) is 0 Å². The van der Waals surface area contributed by atoms with Gasteiger partial charge >= 0.3 is 5.97 Å². The van der Waals surface area contributed by atoms with Crippen molar-refractivity contribution in [3.8, 4) is 11.8 Å². The van der Waals surface area contributed by atoms with Crippen LogP contribution in [0.15, 0.2) is 99.6 Å². The van der Waals surface area contributed by atoms with Gasteiger partial charge in [-0.3, -0.25) is 0 Å². The summed E-state index contributed by atoms with van der Waals surface area (Å²) < 4.78 is 5.99. The zero-order valence-corrected chi connectivity index (χ0v) is 19.5. The molecule has 0 saturated heterocycles. The fraction of sp³-hybridized carbons (Fsp3) is 0.276. The SMILES string of the molecule is CC(C)C#CC1(OC(=O)c2ccc([S+](c3ccccc3)c3ccccc3)cc2)CCCC1. The summed E-state index contributed by atoms with van der Waals surface area (Å²) in [5.74, 6) is 6.48. The Morgan fingerprint density at radius 3 is 1.81 bits per heavy atom. The molecule has 0 unspecified atom stereocenters. The lowest BCUT2D eigenvalue weighted by atomic mass is 10.0. The minimum Gasteiger partial charge on any atom is -0.442 e.